The van der Waals surface area contributed by atoms with Crippen molar-refractivity contribution in [1.82, 2.24) is 0 Å². The van der Waals surface area contributed by atoms with Crippen molar-refractivity contribution in [3.05, 3.63) is 42.2 Å². The molecule has 2 aromatic carbocycles. The number of fused-ring (bicyclic) bond motifs is 1. The van der Waals surface area contributed by atoms with Gasteiger partial charge in [-0.25, -0.2) is 4.39 Å². The fourth-order valence-electron chi connectivity index (χ4n) is 1.47. The summed E-state index contributed by atoms with van der Waals surface area (Å²) in [5, 5.41) is 0.913. The van der Waals surface area contributed by atoms with Crippen LogP contribution >= 0.6 is 0 Å². The number of rotatable bonds is 2. The summed E-state index contributed by atoms with van der Waals surface area (Å²) >= 11 is 0. The van der Waals surface area contributed by atoms with Crippen molar-refractivity contribution in [1.29, 1.82) is 0 Å². The molecule has 0 atom stereocenters. The smallest absolute Gasteiger partial charge is 0.270 e. The normalized spacial score (nSPS) is 11.9. The minimum Gasteiger partial charge on any atom is -0.270 e. The van der Waals surface area contributed by atoms with Crippen LogP contribution in [0.25, 0.3) is 10.8 Å². The highest BCUT2D eigenvalue weighted by molar-refractivity contribution is 7.86. The van der Waals surface area contributed by atoms with Gasteiger partial charge in [0.15, 0.2) is 0 Å². The Labute approximate surface area is 92.6 Å². The van der Waals surface area contributed by atoms with Gasteiger partial charge in [0.05, 0.1) is 12.0 Å². The van der Waals surface area contributed by atoms with E-state index in [4.69, 9.17) is 0 Å². The highest BCUT2D eigenvalue weighted by atomic mass is 32.2. The lowest BCUT2D eigenvalue weighted by molar-refractivity contribution is 0.398. The fourth-order valence-corrected chi connectivity index (χ4v) is 2.17. The van der Waals surface area contributed by atoms with Crippen molar-refractivity contribution >= 4 is 20.9 Å². The predicted octanol–water partition coefficient (Wildman–Crippen LogP) is 2.31. The SMILES string of the molecule is COS(=O)(=O)c1ccc2c(F)cccc2c1. The summed E-state index contributed by atoms with van der Waals surface area (Å²) in [6, 6.07) is 8.64. The first-order valence-electron chi connectivity index (χ1n) is 4.53. The van der Waals surface area contributed by atoms with Crippen molar-refractivity contribution in [3.63, 3.8) is 0 Å². The van der Waals surface area contributed by atoms with Gasteiger partial charge in [0.25, 0.3) is 10.1 Å². The van der Waals surface area contributed by atoms with Crippen molar-refractivity contribution in [2.45, 2.75) is 4.90 Å². The van der Waals surface area contributed by atoms with E-state index in [0.717, 1.165) is 7.11 Å². The lowest BCUT2D eigenvalue weighted by Crippen LogP contribution is -2.02. The summed E-state index contributed by atoms with van der Waals surface area (Å²) in [5.41, 5.74) is 0. The molecule has 84 valence electrons. The molecule has 0 aliphatic rings. The van der Waals surface area contributed by atoms with E-state index >= 15 is 0 Å². The van der Waals surface area contributed by atoms with E-state index in [1.54, 1.807) is 6.07 Å². The second-order valence-electron chi connectivity index (χ2n) is 3.24. The Hall–Kier alpha value is -1.46. The van der Waals surface area contributed by atoms with Crippen LogP contribution in [0.1, 0.15) is 0 Å². The van der Waals surface area contributed by atoms with E-state index in [1.165, 1.54) is 30.3 Å². The van der Waals surface area contributed by atoms with Gasteiger partial charge in [-0.05, 0) is 23.6 Å². The van der Waals surface area contributed by atoms with Gasteiger partial charge in [-0.2, -0.15) is 8.42 Å². The van der Waals surface area contributed by atoms with Gasteiger partial charge in [0.2, 0.25) is 0 Å². The Morgan fingerprint density at radius 1 is 1.19 bits per heavy atom. The van der Waals surface area contributed by atoms with E-state index in [2.05, 4.69) is 4.18 Å². The van der Waals surface area contributed by atoms with Crippen LogP contribution in [0.2, 0.25) is 0 Å². The summed E-state index contributed by atoms with van der Waals surface area (Å²) in [4.78, 5) is 0.0214. The molecule has 0 spiro atoms. The molecule has 0 aliphatic heterocycles. The van der Waals surface area contributed by atoms with Crippen LogP contribution in [-0.4, -0.2) is 15.5 Å². The summed E-state index contributed by atoms with van der Waals surface area (Å²) in [7, 11) is -2.64. The summed E-state index contributed by atoms with van der Waals surface area (Å²) < 4.78 is 40.5. The molecule has 0 unspecified atom stereocenters. The summed E-state index contributed by atoms with van der Waals surface area (Å²) in [6.45, 7) is 0. The molecule has 0 amide bonds. The van der Waals surface area contributed by atoms with Crippen molar-refractivity contribution < 1.29 is 17.0 Å². The molecule has 0 heterocycles. The van der Waals surface area contributed by atoms with Crippen molar-refractivity contribution in [3.8, 4) is 0 Å². The van der Waals surface area contributed by atoms with Gasteiger partial charge in [-0.3, -0.25) is 4.18 Å². The first kappa shape index (κ1) is 11.0. The van der Waals surface area contributed by atoms with Crippen molar-refractivity contribution in [2.75, 3.05) is 7.11 Å². The first-order chi connectivity index (χ1) is 7.54. The molecule has 16 heavy (non-hydrogen) atoms. The lowest BCUT2D eigenvalue weighted by atomic mass is 10.1. The zero-order valence-corrected chi connectivity index (χ0v) is 9.29. The van der Waals surface area contributed by atoms with Gasteiger partial charge in [-0.1, -0.05) is 18.2 Å². The standard InChI is InChI=1S/C11H9FO3S/c1-15-16(13,14)9-5-6-10-8(7-9)3-2-4-11(10)12/h2-7H,1H3. The topological polar surface area (TPSA) is 43.4 Å². The Morgan fingerprint density at radius 3 is 2.62 bits per heavy atom. The minimum absolute atomic E-state index is 0.0214. The van der Waals surface area contributed by atoms with Gasteiger partial charge < -0.3 is 0 Å². The molecular weight excluding hydrogens is 231 g/mol. The average Bonchev–Trinajstić information content (AvgIpc) is 2.29. The highest BCUT2D eigenvalue weighted by Gasteiger charge is 2.13. The van der Waals surface area contributed by atoms with Crippen LogP contribution in [0.3, 0.4) is 0 Å². The zero-order valence-electron chi connectivity index (χ0n) is 8.48. The van der Waals surface area contributed by atoms with E-state index in [1.807, 2.05) is 0 Å². The van der Waals surface area contributed by atoms with E-state index < -0.39 is 10.1 Å². The number of benzene rings is 2. The maximum Gasteiger partial charge on any atom is 0.296 e. The molecule has 0 bridgehead atoms. The second kappa shape index (κ2) is 3.84. The number of hydrogen-bond acceptors (Lipinski definition) is 3. The third-order valence-corrected chi connectivity index (χ3v) is 3.58. The molecule has 0 fully saturated rings. The van der Waals surface area contributed by atoms with Gasteiger partial charge in [0.1, 0.15) is 5.82 Å². The van der Waals surface area contributed by atoms with Crippen LogP contribution in [0.15, 0.2) is 41.3 Å². The quantitative estimate of drug-likeness (QED) is 0.756. The molecule has 0 saturated carbocycles. The molecule has 0 N–H and O–H groups in total. The summed E-state index contributed by atoms with van der Waals surface area (Å²) in [6.07, 6.45) is 0. The lowest BCUT2D eigenvalue weighted by Gasteiger charge is -2.03. The summed E-state index contributed by atoms with van der Waals surface area (Å²) in [5.74, 6) is -0.376. The molecule has 0 aromatic heterocycles. The Balaban J connectivity index is 2.71. The monoisotopic (exact) mass is 240 g/mol. The Morgan fingerprint density at radius 2 is 1.94 bits per heavy atom. The fraction of sp³-hybridized carbons (Fsp3) is 0.0909. The van der Waals surface area contributed by atoms with Crippen molar-refractivity contribution in [2.24, 2.45) is 0 Å². The maximum atomic E-state index is 13.3. The maximum absolute atomic E-state index is 13.3. The van der Waals surface area contributed by atoms with Gasteiger partial charge in [-0.15, -0.1) is 0 Å². The molecule has 0 radical (unpaired) electrons. The number of halogens is 1. The third kappa shape index (κ3) is 1.79. The van der Waals surface area contributed by atoms with Crippen LogP contribution < -0.4 is 0 Å². The molecule has 3 nitrogen and oxygen atoms in total. The van der Waals surface area contributed by atoms with Gasteiger partial charge in [0, 0.05) is 5.39 Å². The zero-order chi connectivity index (χ0) is 11.8. The van der Waals surface area contributed by atoms with E-state index in [0.29, 0.717) is 10.8 Å². The van der Waals surface area contributed by atoms with E-state index in [-0.39, 0.29) is 10.7 Å². The molecular formula is C11H9FO3S. The van der Waals surface area contributed by atoms with Crippen LogP contribution in [-0.2, 0) is 14.3 Å². The van der Waals surface area contributed by atoms with Crippen LogP contribution in [0, 0.1) is 5.82 Å². The largest absolute Gasteiger partial charge is 0.296 e. The molecule has 5 heteroatoms. The number of hydrogen-bond donors (Lipinski definition) is 0. The highest BCUT2D eigenvalue weighted by Crippen LogP contribution is 2.22. The second-order valence-corrected chi connectivity index (χ2v) is 4.96. The first-order valence-corrected chi connectivity index (χ1v) is 5.94. The van der Waals surface area contributed by atoms with E-state index in [9.17, 15) is 12.8 Å². The molecule has 0 aliphatic carbocycles. The molecule has 2 rings (SSSR count). The molecule has 0 saturated heterocycles. The third-order valence-electron chi connectivity index (χ3n) is 2.31. The minimum atomic E-state index is -3.72. The van der Waals surface area contributed by atoms with Gasteiger partial charge >= 0.3 is 0 Å². The van der Waals surface area contributed by atoms with Crippen LogP contribution in [0.4, 0.5) is 4.39 Å². The molecule has 2 aromatic rings. The van der Waals surface area contributed by atoms with Crippen LogP contribution in [0.5, 0.6) is 0 Å². The average molecular weight is 240 g/mol. The predicted molar refractivity (Wildman–Crippen MR) is 58.1 cm³/mol. The Kier molecular flexibility index (Phi) is 2.65. The Bertz CT molecular complexity index is 635.